The number of ether oxygens (including phenoxy) is 2. The lowest BCUT2D eigenvalue weighted by Crippen LogP contribution is -2.64. The van der Waals surface area contributed by atoms with Crippen LogP contribution in [0.2, 0.25) is 0 Å². The monoisotopic (exact) mass is 372 g/mol. The lowest BCUT2D eigenvalue weighted by molar-refractivity contribution is -0.136. The molecule has 1 spiro atoms. The quantitative estimate of drug-likeness (QED) is 0.787. The molecule has 27 heavy (non-hydrogen) atoms. The molecule has 2 fully saturated rings. The predicted octanol–water partition coefficient (Wildman–Crippen LogP) is 1.49. The highest BCUT2D eigenvalue weighted by atomic mass is 16.5. The molecule has 0 saturated carbocycles. The first kappa shape index (κ1) is 17.9. The molecule has 0 aromatic carbocycles. The first-order chi connectivity index (χ1) is 13.2. The Morgan fingerprint density at radius 2 is 2.30 bits per heavy atom. The molecule has 0 bridgehead atoms. The van der Waals surface area contributed by atoms with Crippen LogP contribution in [-0.2, 0) is 11.3 Å². The fourth-order valence-corrected chi connectivity index (χ4v) is 4.11. The van der Waals surface area contributed by atoms with Gasteiger partial charge in [-0.2, -0.15) is 0 Å². The van der Waals surface area contributed by atoms with Gasteiger partial charge in [0.1, 0.15) is 0 Å². The number of hydrogen-bond donors (Lipinski definition) is 1. The summed E-state index contributed by atoms with van der Waals surface area (Å²) in [7, 11) is 1.65. The number of amides is 1. The molecule has 1 N–H and O–H groups in total. The van der Waals surface area contributed by atoms with Crippen molar-refractivity contribution in [2.24, 2.45) is 5.92 Å². The maximum Gasteiger partial charge on any atom is 0.289 e. The molecular formula is C19H24N4O4. The molecule has 1 amide bonds. The van der Waals surface area contributed by atoms with Gasteiger partial charge in [-0.1, -0.05) is 11.2 Å². The summed E-state index contributed by atoms with van der Waals surface area (Å²) in [6, 6.07) is 5.54. The Morgan fingerprint density at radius 3 is 3.07 bits per heavy atom. The molecule has 2 aromatic heterocycles. The molecule has 4 rings (SSSR count). The zero-order valence-electron chi connectivity index (χ0n) is 15.4. The van der Waals surface area contributed by atoms with E-state index in [1.54, 1.807) is 19.4 Å². The number of carbonyl (C=O) groups excluding carboxylic acids is 1. The molecule has 0 aliphatic carbocycles. The van der Waals surface area contributed by atoms with E-state index in [1.807, 2.05) is 12.1 Å². The summed E-state index contributed by atoms with van der Waals surface area (Å²) in [5.74, 6) is 1.14. The van der Waals surface area contributed by atoms with Gasteiger partial charge < -0.3 is 19.3 Å². The van der Waals surface area contributed by atoms with Gasteiger partial charge in [-0.15, -0.1) is 0 Å². The van der Waals surface area contributed by atoms with Crippen molar-refractivity contribution in [3.63, 3.8) is 0 Å². The van der Waals surface area contributed by atoms with E-state index in [-0.39, 0.29) is 17.3 Å². The maximum atomic E-state index is 11.9. The van der Waals surface area contributed by atoms with Gasteiger partial charge in [0.15, 0.2) is 0 Å². The second kappa shape index (κ2) is 7.66. The Hall–Kier alpha value is -2.45. The lowest BCUT2D eigenvalue weighted by Gasteiger charge is -2.50. The van der Waals surface area contributed by atoms with Gasteiger partial charge >= 0.3 is 0 Å². The molecule has 0 radical (unpaired) electrons. The van der Waals surface area contributed by atoms with Crippen molar-refractivity contribution in [3.8, 4) is 5.88 Å². The largest absolute Gasteiger partial charge is 0.481 e. The van der Waals surface area contributed by atoms with Crippen molar-refractivity contribution < 1.29 is 18.8 Å². The molecule has 2 saturated heterocycles. The van der Waals surface area contributed by atoms with Gasteiger partial charge in [0.2, 0.25) is 11.6 Å². The van der Waals surface area contributed by atoms with Gasteiger partial charge in [-0.3, -0.25) is 9.69 Å². The first-order valence-corrected chi connectivity index (χ1v) is 9.23. The van der Waals surface area contributed by atoms with E-state index < -0.39 is 0 Å². The first-order valence-electron chi connectivity index (χ1n) is 9.23. The van der Waals surface area contributed by atoms with Gasteiger partial charge in [-0.25, -0.2) is 4.98 Å². The zero-order valence-corrected chi connectivity index (χ0v) is 15.4. The minimum Gasteiger partial charge on any atom is -0.481 e. The molecule has 2 aliphatic rings. The van der Waals surface area contributed by atoms with E-state index >= 15 is 0 Å². The summed E-state index contributed by atoms with van der Waals surface area (Å²) in [4.78, 5) is 18.5. The number of nitrogens with zero attached hydrogens (tertiary/aromatic N) is 3. The molecule has 2 aromatic rings. The Bertz CT molecular complexity index is 774. The van der Waals surface area contributed by atoms with Gasteiger partial charge in [0, 0.05) is 50.6 Å². The summed E-state index contributed by atoms with van der Waals surface area (Å²) >= 11 is 0. The van der Waals surface area contributed by atoms with Crippen LogP contribution in [0.15, 0.2) is 35.1 Å². The number of hydrogen-bond acceptors (Lipinski definition) is 7. The van der Waals surface area contributed by atoms with Crippen LogP contribution in [0.25, 0.3) is 0 Å². The fourth-order valence-electron chi connectivity index (χ4n) is 4.11. The Kier molecular flexibility index (Phi) is 5.09. The topological polar surface area (TPSA) is 89.7 Å². The van der Waals surface area contributed by atoms with E-state index in [1.165, 1.54) is 6.20 Å². The summed E-state index contributed by atoms with van der Waals surface area (Å²) in [5, 5.41) is 6.45. The molecule has 144 valence electrons. The van der Waals surface area contributed by atoms with Gasteiger partial charge in [0.05, 0.1) is 18.9 Å². The third kappa shape index (κ3) is 3.68. The maximum absolute atomic E-state index is 11.9. The number of nitrogens with one attached hydrogen (secondary N) is 1. The number of methoxy groups -OCH3 is 1. The highest BCUT2D eigenvalue weighted by Crippen LogP contribution is 2.42. The van der Waals surface area contributed by atoms with E-state index in [4.69, 9.17) is 14.0 Å². The minimum atomic E-state index is -0.223. The average Bonchev–Trinajstić information content (AvgIpc) is 3.32. The second-order valence-corrected chi connectivity index (χ2v) is 7.14. The van der Waals surface area contributed by atoms with Crippen LogP contribution in [-0.4, -0.2) is 59.9 Å². The summed E-state index contributed by atoms with van der Waals surface area (Å²) < 4.78 is 16.3. The molecule has 8 nitrogen and oxygen atoms in total. The van der Waals surface area contributed by atoms with Crippen LogP contribution in [0.3, 0.4) is 0 Å². The third-order valence-corrected chi connectivity index (χ3v) is 5.46. The summed E-state index contributed by atoms with van der Waals surface area (Å²) in [6.07, 6.45) is 5.13. The Morgan fingerprint density at radius 1 is 1.41 bits per heavy atom. The van der Waals surface area contributed by atoms with E-state index in [2.05, 4.69) is 20.4 Å². The van der Waals surface area contributed by atoms with E-state index in [0.29, 0.717) is 18.3 Å². The van der Waals surface area contributed by atoms with Crippen molar-refractivity contribution in [2.45, 2.75) is 25.0 Å². The standard InChI is InChI=1S/C19H24N4O4/c1-25-18-14(3-2-7-21-18)11-23-12-19(13-23)15(6-10-26-19)4-8-20-17(24)16-5-9-22-27-16/h2-3,5,7,9,15H,4,6,8,10-13H2,1H3,(H,20,24). The molecular weight excluding hydrogens is 348 g/mol. The minimum absolute atomic E-state index is 0.0909. The predicted molar refractivity (Wildman–Crippen MR) is 96.3 cm³/mol. The third-order valence-electron chi connectivity index (χ3n) is 5.46. The number of carbonyl (C=O) groups is 1. The van der Waals surface area contributed by atoms with Crippen LogP contribution >= 0.6 is 0 Å². The molecule has 4 heterocycles. The van der Waals surface area contributed by atoms with Crippen molar-refractivity contribution in [3.05, 3.63) is 41.9 Å². The SMILES string of the molecule is COc1ncccc1CN1CC2(C1)OCCC2CCNC(=O)c1ccno1. The molecule has 8 heteroatoms. The van der Waals surface area contributed by atoms with Crippen LogP contribution < -0.4 is 10.1 Å². The second-order valence-electron chi connectivity index (χ2n) is 7.14. The van der Waals surface area contributed by atoms with Gasteiger partial charge in [-0.05, 0) is 24.8 Å². The molecule has 1 atom stereocenters. The van der Waals surface area contributed by atoms with Crippen molar-refractivity contribution in [2.75, 3.05) is 33.4 Å². The van der Waals surface area contributed by atoms with Crippen molar-refractivity contribution >= 4 is 5.91 Å². The smallest absolute Gasteiger partial charge is 0.289 e. The van der Waals surface area contributed by atoms with E-state index in [9.17, 15) is 4.79 Å². The summed E-state index contributed by atoms with van der Waals surface area (Å²) in [5.41, 5.74) is 0.996. The van der Waals surface area contributed by atoms with Crippen molar-refractivity contribution in [1.29, 1.82) is 0 Å². The van der Waals surface area contributed by atoms with Crippen LogP contribution in [0.5, 0.6) is 5.88 Å². The number of pyridine rings is 1. The Labute approximate surface area is 157 Å². The highest BCUT2D eigenvalue weighted by molar-refractivity contribution is 5.91. The fraction of sp³-hybridized carbons (Fsp3) is 0.526. The normalized spacial score (nSPS) is 21.1. The summed E-state index contributed by atoms with van der Waals surface area (Å²) in [6.45, 7) is 3.98. The Balaban J connectivity index is 1.27. The van der Waals surface area contributed by atoms with Crippen LogP contribution in [0.1, 0.15) is 29.0 Å². The number of rotatable bonds is 7. The molecule has 1 unspecified atom stereocenters. The number of likely N-dealkylation sites (tertiary alicyclic amines) is 1. The average molecular weight is 372 g/mol. The zero-order chi connectivity index (χ0) is 18.7. The van der Waals surface area contributed by atoms with Crippen molar-refractivity contribution in [1.82, 2.24) is 20.4 Å². The van der Waals surface area contributed by atoms with Gasteiger partial charge in [0.25, 0.3) is 5.91 Å². The van der Waals surface area contributed by atoms with Crippen LogP contribution in [0.4, 0.5) is 0 Å². The van der Waals surface area contributed by atoms with Crippen LogP contribution in [0, 0.1) is 5.92 Å². The van der Waals surface area contributed by atoms with E-state index in [0.717, 1.165) is 44.6 Å². The number of aromatic nitrogens is 2. The lowest BCUT2D eigenvalue weighted by atomic mass is 9.78. The highest BCUT2D eigenvalue weighted by Gasteiger charge is 2.52. The molecule has 2 aliphatic heterocycles.